The molecule has 2 aromatic carbocycles. The Labute approximate surface area is 150 Å². The molecule has 0 aliphatic rings. The molecule has 0 aliphatic carbocycles. The van der Waals surface area contributed by atoms with Crippen LogP contribution in [0.15, 0.2) is 59.7 Å². The maximum absolute atomic E-state index is 12.3. The molecule has 0 aliphatic heterocycles. The highest BCUT2D eigenvalue weighted by atomic mass is 35.5. The number of nitriles is 1. The highest BCUT2D eigenvalue weighted by Gasteiger charge is 2.11. The average molecular weight is 355 g/mol. The molecule has 2 N–H and O–H groups in total. The summed E-state index contributed by atoms with van der Waals surface area (Å²) in [4.78, 5) is 23.7. The van der Waals surface area contributed by atoms with E-state index in [-0.39, 0.29) is 18.9 Å². The van der Waals surface area contributed by atoms with Crippen LogP contribution in [0.5, 0.6) is 0 Å². The Kier molecular flexibility index (Phi) is 6.69. The van der Waals surface area contributed by atoms with Crippen molar-refractivity contribution < 1.29 is 9.59 Å². The summed E-state index contributed by atoms with van der Waals surface area (Å²) in [6.07, 6.45) is -0.294. The zero-order valence-corrected chi connectivity index (χ0v) is 14.0. The highest BCUT2D eigenvalue weighted by Crippen LogP contribution is 2.14. The Morgan fingerprint density at radius 2 is 1.76 bits per heavy atom. The Morgan fingerprint density at radius 1 is 1.08 bits per heavy atom. The van der Waals surface area contributed by atoms with Crippen LogP contribution >= 0.6 is 11.6 Å². The van der Waals surface area contributed by atoms with Crippen LogP contribution in [0.25, 0.3) is 0 Å². The van der Waals surface area contributed by atoms with Gasteiger partial charge in [0.15, 0.2) is 0 Å². The van der Waals surface area contributed by atoms with Crippen LogP contribution in [0.1, 0.15) is 22.3 Å². The van der Waals surface area contributed by atoms with Crippen LogP contribution in [0.2, 0.25) is 5.02 Å². The Morgan fingerprint density at radius 3 is 2.44 bits per heavy atom. The van der Waals surface area contributed by atoms with Gasteiger partial charge in [0.05, 0.1) is 28.9 Å². The molecule has 6 nitrogen and oxygen atoms in total. The minimum absolute atomic E-state index is 0.0842. The minimum Gasteiger partial charge on any atom is -0.346 e. The number of hydrazone groups is 1. The number of carbonyl (C=O) groups excluding carboxylic acids is 2. The number of hydrogen-bond donors (Lipinski definition) is 2. The standard InChI is InChI=1S/C18H15ClN4O2/c19-15-9-5-4-8-14(15)18(25)21-12-16(13-6-2-1-3-7-13)22-23-17(24)10-11-20/h1-9H,10,12H2,(H,21,25)(H,23,24)/b22-16+. The number of carbonyl (C=O) groups is 2. The molecule has 0 saturated heterocycles. The molecule has 0 fully saturated rings. The van der Waals surface area contributed by atoms with Gasteiger partial charge in [0, 0.05) is 0 Å². The van der Waals surface area contributed by atoms with E-state index in [4.69, 9.17) is 16.9 Å². The van der Waals surface area contributed by atoms with Crippen molar-refractivity contribution in [1.29, 1.82) is 5.26 Å². The quantitative estimate of drug-likeness (QED) is 0.616. The van der Waals surface area contributed by atoms with Crippen molar-refractivity contribution in [3.8, 4) is 6.07 Å². The molecule has 0 spiro atoms. The third-order valence-corrected chi connectivity index (χ3v) is 3.53. The van der Waals surface area contributed by atoms with Gasteiger partial charge in [-0.1, -0.05) is 54.1 Å². The number of halogens is 1. The van der Waals surface area contributed by atoms with Crippen molar-refractivity contribution in [2.45, 2.75) is 6.42 Å². The molecule has 2 aromatic rings. The van der Waals surface area contributed by atoms with E-state index in [0.29, 0.717) is 16.3 Å². The minimum atomic E-state index is -0.520. The average Bonchev–Trinajstić information content (AvgIpc) is 2.63. The Bertz CT molecular complexity index is 828. The SMILES string of the molecule is N#CCC(=O)N/N=C(\CNC(=O)c1ccccc1Cl)c1ccccc1. The maximum atomic E-state index is 12.3. The number of nitrogens with zero attached hydrogens (tertiary/aromatic N) is 2. The van der Waals surface area contributed by atoms with Crippen molar-refractivity contribution >= 4 is 29.1 Å². The van der Waals surface area contributed by atoms with Gasteiger partial charge in [-0.3, -0.25) is 9.59 Å². The number of nitrogens with one attached hydrogen (secondary N) is 2. The molecular weight excluding hydrogens is 340 g/mol. The smallest absolute Gasteiger partial charge is 0.254 e. The number of rotatable bonds is 6. The van der Waals surface area contributed by atoms with E-state index in [9.17, 15) is 9.59 Å². The fourth-order valence-electron chi connectivity index (χ4n) is 1.98. The van der Waals surface area contributed by atoms with E-state index < -0.39 is 5.91 Å². The Balaban J connectivity index is 2.12. The summed E-state index contributed by atoms with van der Waals surface area (Å²) in [5, 5.41) is 15.6. The van der Waals surface area contributed by atoms with Gasteiger partial charge in [0.25, 0.3) is 11.8 Å². The zero-order chi connectivity index (χ0) is 18.1. The van der Waals surface area contributed by atoms with Crippen LogP contribution in [-0.4, -0.2) is 24.1 Å². The van der Waals surface area contributed by atoms with Crippen molar-refractivity contribution in [3.05, 3.63) is 70.7 Å². The van der Waals surface area contributed by atoms with Gasteiger partial charge in [0.1, 0.15) is 6.42 Å². The first-order chi connectivity index (χ1) is 12.1. The lowest BCUT2D eigenvalue weighted by Crippen LogP contribution is -2.32. The predicted molar refractivity (Wildman–Crippen MR) is 95.1 cm³/mol. The molecule has 2 rings (SSSR count). The summed E-state index contributed by atoms with van der Waals surface area (Å²) in [7, 11) is 0. The second kappa shape index (κ2) is 9.21. The number of benzene rings is 2. The van der Waals surface area contributed by atoms with Crippen molar-refractivity contribution in [1.82, 2.24) is 10.7 Å². The lowest BCUT2D eigenvalue weighted by Gasteiger charge is -2.10. The summed E-state index contributed by atoms with van der Waals surface area (Å²) in [6.45, 7) is 0.0842. The molecular formula is C18H15ClN4O2. The van der Waals surface area contributed by atoms with Crippen LogP contribution < -0.4 is 10.7 Å². The topological polar surface area (TPSA) is 94.3 Å². The molecule has 126 valence electrons. The first kappa shape index (κ1) is 18.2. The fraction of sp³-hybridized carbons (Fsp3) is 0.111. The predicted octanol–water partition coefficient (Wildman–Crippen LogP) is 2.50. The van der Waals surface area contributed by atoms with E-state index in [0.717, 1.165) is 5.56 Å². The molecule has 0 unspecified atom stereocenters. The summed E-state index contributed by atoms with van der Waals surface area (Å²) < 4.78 is 0. The van der Waals surface area contributed by atoms with Gasteiger partial charge >= 0.3 is 0 Å². The van der Waals surface area contributed by atoms with Crippen LogP contribution in [0, 0.1) is 11.3 Å². The van der Waals surface area contributed by atoms with E-state index >= 15 is 0 Å². The lowest BCUT2D eigenvalue weighted by atomic mass is 10.1. The highest BCUT2D eigenvalue weighted by molar-refractivity contribution is 6.33. The van der Waals surface area contributed by atoms with E-state index in [1.54, 1.807) is 42.5 Å². The van der Waals surface area contributed by atoms with Crippen LogP contribution in [0.3, 0.4) is 0 Å². The van der Waals surface area contributed by atoms with Gasteiger partial charge in [-0.15, -0.1) is 0 Å². The molecule has 0 aromatic heterocycles. The normalized spacial score (nSPS) is 10.6. The van der Waals surface area contributed by atoms with Gasteiger partial charge in [-0.05, 0) is 17.7 Å². The fourth-order valence-corrected chi connectivity index (χ4v) is 2.20. The molecule has 7 heteroatoms. The van der Waals surface area contributed by atoms with E-state index in [2.05, 4.69) is 15.8 Å². The molecule has 25 heavy (non-hydrogen) atoms. The molecule has 0 heterocycles. The maximum Gasteiger partial charge on any atom is 0.254 e. The largest absolute Gasteiger partial charge is 0.346 e. The summed E-state index contributed by atoms with van der Waals surface area (Å²) >= 11 is 6.01. The first-order valence-electron chi connectivity index (χ1n) is 7.42. The summed E-state index contributed by atoms with van der Waals surface area (Å²) in [5.74, 6) is -0.869. The van der Waals surface area contributed by atoms with Crippen LogP contribution in [-0.2, 0) is 4.79 Å². The number of hydrogen-bond acceptors (Lipinski definition) is 4. The van der Waals surface area contributed by atoms with Gasteiger partial charge < -0.3 is 5.32 Å². The lowest BCUT2D eigenvalue weighted by molar-refractivity contribution is -0.120. The Hall–Kier alpha value is -3.17. The third-order valence-electron chi connectivity index (χ3n) is 3.20. The van der Waals surface area contributed by atoms with E-state index in [1.807, 2.05) is 18.2 Å². The first-order valence-corrected chi connectivity index (χ1v) is 7.80. The third kappa shape index (κ3) is 5.44. The van der Waals surface area contributed by atoms with Crippen molar-refractivity contribution in [2.24, 2.45) is 5.10 Å². The molecule has 0 atom stereocenters. The molecule has 0 saturated carbocycles. The van der Waals surface area contributed by atoms with Crippen molar-refractivity contribution in [2.75, 3.05) is 6.54 Å². The molecule has 2 amide bonds. The second-order valence-electron chi connectivity index (χ2n) is 4.96. The second-order valence-corrected chi connectivity index (χ2v) is 5.36. The van der Waals surface area contributed by atoms with Crippen molar-refractivity contribution in [3.63, 3.8) is 0 Å². The molecule has 0 radical (unpaired) electrons. The van der Waals surface area contributed by atoms with Gasteiger partial charge in [-0.25, -0.2) is 5.43 Å². The summed E-state index contributed by atoms with van der Waals surface area (Å²) in [5.41, 5.74) is 3.84. The van der Waals surface area contributed by atoms with Crippen LogP contribution in [0.4, 0.5) is 0 Å². The van der Waals surface area contributed by atoms with E-state index in [1.165, 1.54) is 0 Å². The number of amides is 2. The molecule has 0 bridgehead atoms. The van der Waals surface area contributed by atoms with Gasteiger partial charge in [-0.2, -0.15) is 10.4 Å². The van der Waals surface area contributed by atoms with Gasteiger partial charge in [0.2, 0.25) is 0 Å². The monoisotopic (exact) mass is 354 g/mol. The zero-order valence-electron chi connectivity index (χ0n) is 13.2. The summed E-state index contributed by atoms with van der Waals surface area (Å²) in [6, 6.07) is 17.5.